The van der Waals surface area contributed by atoms with Crippen LogP contribution in [0.4, 0.5) is 0 Å². The number of nitrogens with zero attached hydrogens (tertiary/aromatic N) is 1. The highest BCUT2D eigenvalue weighted by atomic mass is 79.9. The largest absolute Gasteiger partial charge is 0.507 e. The Morgan fingerprint density at radius 2 is 1.71 bits per heavy atom. The number of amides is 1. The molecule has 0 spiro atoms. The Balaban J connectivity index is 1.78. The molecule has 0 radical (unpaired) electrons. The van der Waals surface area contributed by atoms with Crippen LogP contribution in [0.3, 0.4) is 0 Å². The first kappa shape index (κ1) is 20.5. The highest BCUT2D eigenvalue weighted by Crippen LogP contribution is 2.22. The summed E-state index contributed by atoms with van der Waals surface area (Å²) < 4.78 is 2.30. The van der Waals surface area contributed by atoms with Crippen LogP contribution in [0, 0.1) is 0 Å². The first-order chi connectivity index (χ1) is 13.3. The van der Waals surface area contributed by atoms with Gasteiger partial charge in [0, 0.05) is 23.3 Å². The van der Waals surface area contributed by atoms with Gasteiger partial charge in [-0.1, -0.05) is 57.3 Å². The van der Waals surface area contributed by atoms with Crippen molar-refractivity contribution in [2.24, 2.45) is 0 Å². The van der Waals surface area contributed by atoms with Crippen LogP contribution in [0.25, 0.3) is 0 Å². The summed E-state index contributed by atoms with van der Waals surface area (Å²) >= 11 is 15.2. The summed E-state index contributed by atoms with van der Waals surface area (Å²) in [6.45, 7) is 0.473. The Kier molecular flexibility index (Phi) is 6.44. The van der Waals surface area contributed by atoms with Crippen molar-refractivity contribution in [3.05, 3.63) is 96.3 Å². The molecule has 3 aromatic rings. The molecular weight excluding hydrogens is 467 g/mol. The number of rotatable bonds is 5. The lowest BCUT2D eigenvalue weighted by Crippen LogP contribution is -2.27. The van der Waals surface area contributed by atoms with Gasteiger partial charge in [0.05, 0.1) is 22.2 Å². The quantitative estimate of drug-likeness (QED) is 0.559. The van der Waals surface area contributed by atoms with Crippen LogP contribution in [0.1, 0.15) is 21.5 Å². The van der Waals surface area contributed by atoms with Gasteiger partial charge >= 0.3 is 0 Å². The van der Waals surface area contributed by atoms with Crippen LogP contribution < -0.4 is 10.9 Å². The number of carbonyl (C=O) groups excluding carboxylic acids is 1. The molecule has 0 saturated heterocycles. The Morgan fingerprint density at radius 3 is 2.39 bits per heavy atom. The lowest BCUT2D eigenvalue weighted by atomic mass is 10.2. The molecule has 0 atom stereocenters. The van der Waals surface area contributed by atoms with Crippen molar-refractivity contribution in [1.82, 2.24) is 9.88 Å². The second kappa shape index (κ2) is 8.82. The van der Waals surface area contributed by atoms with Crippen LogP contribution in [-0.4, -0.2) is 15.6 Å². The van der Waals surface area contributed by atoms with Gasteiger partial charge in [-0.25, -0.2) is 0 Å². The average molecular weight is 482 g/mol. The van der Waals surface area contributed by atoms with Gasteiger partial charge in [-0.3, -0.25) is 9.59 Å². The molecule has 0 bridgehead atoms. The fraction of sp³-hybridized carbons (Fsp3) is 0.100. The minimum Gasteiger partial charge on any atom is -0.507 e. The number of nitrogens with one attached hydrogen (secondary N) is 1. The number of aromatic hydroxyl groups is 1. The summed E-state index contributed by atoms with van der Waals surface area (Å²) in [6.07, 6.45) is 1.35. The second-order valence-electron chi connectivity index (χ2n) is 6.10. The highest BCUT2D eigenvalue weighted by Gasteiger charge is 2.14. The molecule has 144 valence electrons. The molecule has 28 heavy (non-hydrogen) atoms. The minimum absolute atomic E-state index is 0.0109. The summed E-state index contributed by atoms with van der Waals surface area (Å²) in [5.41, 5.74) is 1.25. The number of aromatic nitrogens is 1. The van der Waals surface area contributed by atoms with Crippen molar-refractivity contribution >= 4 is 45.0 Å². The van der Waals surface area contributed by atoms with Gasteiger partial charge in [0.2, 0.25) is 0 Å². The van der Waals surface area contributed by atoms with Gasteiger partial charge in [0.25, 0.3) is 11.5 Å². The molecule has 0 aliphatic heterocycles. The fourth-order valence-electron chi connectivity index (χ4n) is 2.58. The molecule has 2 aromatic carbocycles. The Labute approximate surface area is 179 Å². The molecule has 0 fully saturated rings. The third-order valence-corrected chi connectivity index (χ3v) is 5.32. The summed E-state index contributed by atoms with van der Waals surface area (Å²) in [5.74, 6) is -0.878. The second-order valence-corrected chi connectivity index (χ2v) is 7.83. The zero-order valence-corrected chi connectivity index (χ0v) is 17.6. The third-order valence-electron chi connectivity index (χ3n) is 4.05. The van der Waals surface area contributed by atoms with E-state index in [0.29, 0.717) is 10.0 Å². The van der Waals surface area contributed by atoms with Crippen molar-refractivity contribution in [2.75, 3.05) is 0 Å². The molecule has 5 nitrogen and oxygen atoms in total. The van der Waals surface area contributed by atoms with Crippen LogP contribution >= 0.6 is 39.1 Å². The van der Waals surface area contributed by atoms with Gasteiger partial charge < -0.3 is 15.0 Å². The van der Waals surface area contributed by atoms with Crippen LogP contribution in [0.5, 0.6) is 5.75 Å². The average Bonchev–Trinajstić information content (AvgIpc) is 2.66. The van der Waals surface area contributed by atoms with E-state index < -0.39 is 11.5 Å². The van der Waals surface area contributed by atoms with E-state index in [1.165, 1.54) is 10.8 Å². The van der Waals surface area contributed by atoms with Gasteiger partial charge in [-0.15, -0.1) is 0 Å². The number of carbonyl (C=O) groups is 1. The monoisotopic (exact) mass is 480 g/mol. The van der Waals surface area contributed by atoms with Crippen molar-refractivity contribution in [2.45, 2.75) is 13.1 Å². The van der Waals surface area contributed by atoms with E-state index in [2.05, 4.69) is 21.2 Å². The van der Waals surface area contributed by atoms with E-state index in [9.17, 15) is 14.7 Å². The van der Waals surface area contributed by atoms with E-state index >= 15 is 0 Å². The molecular formula is C20H15BrCl2N2O3. The zero-order valence-electron chi connectivity index (χ0n) is 14.5. The summed E-state index contributed by atoms with van der Waals surface area (Å²) in [6, 6.07) is 13.5. The Bertz CT molecular complexity index is 1080. The van der Waals surface area contributed by atoms with E-state index in [1.807, 2.05) is 24.3 Å². The normalized spacial score (nSPS) is 10.7. The van der Waals surface area contributed by atoms with E-state index in [1.54, 1.807) is 18.2 Å². The van der Waals surface area contributed by atoms with Crippen LogP contribution in [0.15, 0.2) is 64.0 Å². The summed E-state index contributed by atoms with van der Waals surface area (Å²) in [5, 5.41) is 13.6. The van der Waals surface area contributed by atoms with E-state index in [4.69, 9.17) is 23.2 Å². The Morgan fingerprint density at radius 1 is 1.04 bits per heavy atom. The van der Waals surface area contributed by atoms with Crippen molar-refractivity contribution in [3.63, 3.8) is 0 Å². The first-order valence-electron chi connectivity index (χ1n) is 8.23. The fourth-order valence-corrected chi connectivity index (χ4v) is 3.16. The van der Waals surface area contributed by atoms with Crippen molar-refractivity contribution in [3.8, 4) is 5.75 Å². The van der Waals surface area contributed by atoms with Crippen molar-refractivity contribution in [1.29, 1.82) is 0 Å². The lowest BCUT2D eigenvalue weighted by Gasteiger charge is -2.11. The smallest absolute Gasteiger partial charge is 0.256 e. The molecule has 8 heteroatoms. The molecule has 1 heterocycles. The maximum Gasteiger partial charge on any atom is 0.256 e. The van der Waals surface area contributed by atoms with Gasteiger partial charge in [0.1, 0.15) is 5.75 Å². The predicted molar refractivity (Wildman–Crippen MR) is 113 cm³/mol. The molecule has 0 aliphatic carbocycles. The zero-order chi connectivity index (χ0) is 20.3. The number of hydrogen-bond donors (Lipinski definition) is 2. The highest BCUT2D eigenvalue weighted by molar-refractivity contribution is 9.10. The first-order valence-corrected chi connectivity index (χ1v) is 9.78. The van der Waals surface area contributed by atoms with Crippen LogP contribution in [-0.2, 0) is 13.1 Å². The van der Waals surface area contributed by atoms with Crippen LogP contribution in [0.2, 0.25) is 10.0 Å². The van der Waals surface area contributed by atoms with Crippen molar-refractivity contribution < 1.29 is 9.90 Å². The maximum atomic E-state index is 12.5. The lowest BCUT2D eigenvalue weighted by molar-refractivity contribution is 0.0947. The standard InChI is InChI=1S/C20H15BrCl2N2O3/c21-14-4-1-12(2-5-14)10-25-11-15(18(26)8-19(25)27)20(28)24-9-13-3-6-16(22)17(23)7-13/h1-8,11,26H,9-10H2,(H,24,28). The molecule has 1 aromatic heterocycles. The molecule has 2 N–H and O–H groups in total. The topological polar surface area (TPSA) is 71.3 Å². The maximum absolute atomic E-state index is 12.5. The number of pyridine rings is 1. The van der Waals surface area contributed by atoms with E-state index in [0.717, 1.165) is 21.7 Å². The molecule has 0 aliphatic rings. The number of halogens is 3. The van der Waals surface area contributed by atoms with Gasteiger partial charge in [-0.2, -0.15) is 0 Å². The Hall–Kier alpha value is -2.28. The summed E-state index contributed by atoms with van der Waals surface area (Å²) in [7, 11) is 0. The molecule has 0 saturated carbocycles. The van der Waals surface area contributed by atoms with Gasteiger partial charge in [0.15, 0.2) is 0 Å². The molecule has 3 rings (SSSR count). The minimum atomic E-state index is -0.506. The van der Waals surface area contributed by atoms with E-state index in [-0.39, 0.29) is 24.4 Å². The SMILES string of the molecule is O=C(NCc1ccc(Cl)c(Cl)c1)c1cn(Cc2ccc(Br)cc2)c(=O)cc1O. The molecule has 0 unspecified atom stereocenters. The predicted octanol–water partition coefficient (Wildman–Crippen LogP) is 4.60. The number of benzene rings is 2. The third kappa shape index (κ3) is 4.95. The summed E-state index contributed by atoms with van der Waals surface area (Å²) in [4.78, 5) is 24.7. The molecule has 1 amide bonds. The number of hydrogen-bond acceptors (Lipinski definition) is 3. The van der Waals surface area contributed by atoms with Gasteiger partial charge in [-0.05, 0) is 35.4 Å².